The van der Waals surface area contributed by atoms with Gasteiger partial charge in [0.2, 0.25) is 0 Å². The van der Waals surface area contributed by atoms with Crippen LogP contribution >= 0.6 is 0 Å². The standard InChI is InChI=1S/C14H21N3/c1-3-4-13-5-6-15-14(11-13)12-17-9-7-16(2)8-10-17/h3-6,11H,7-10,12H2,1-2H3/b4-3-. The second-order valence-corrected chi connectivity index (χ2v) is 4.66. The molecule has 1 aromatic heterocycles. The molecule has 1 saturated heterocycles. The Balaban J connectivity index is 1.96. The predicted molar refractivity (Wildman–Crippen MR) is 71.7 cm³/mol. The summed E-state index contributed by atoms with van der Waals surface area (Å²) >= 11 is 0. The minimum absolute atomic E-state index is 0.971. The van der Waals surface area contributed by atoms with Crippen LogP contribution in [0.25, 0.3) is 6.08 Å². The lowest BCUT2D eigenvalue weighted by Gasteiger charge is -2.32. The summed E-state index contributed by atoms with van der Waals surface area (Å²) in [4.78, 5) is 9.29. The topological polar surface area (TPSA) is 19.4 Å². The quantitative estimate of drug-likeness (QED) is 0.791. The molecule has 0 N–H and O–H groups in total. The first-order valence-corrected chi connectivity index (χ1v) is 6.26. The largest absolute Gasteiger partial charge is 0.304 e. The number of pyridine rings is 1. The molecule has 3 heteroatoms. The number of aromatic nitrogens is 1. The van der Waals surface area contributed by atoms with E-state index in [9.17, 15) is 0 Å². The third-order valence-electron chi connectivity index (χ3n) is 3.18. The molecule has 17 heavy (non-hydrogen) atoms. The molecule has 2 heterocycles. The summed E-state index contributed by atoms with van der Waals surface area (Å²) in [5.74, 6) is 0. The number of nitrogens with zero attached hydrogens (tertiary/aromatic N) is 3. The number of rotatable bonds is 3. The van der Waals surface area contributed by atoms with Crippen molar-refractivity contribution in [3.8, 4) is 0 Å². The smallest absolute Gasteiger partial charge is 0.0549 e. The van der Waals surface area contributed by atoms with Crippen LogP contribution in [0.5, 0.6) is 0 Å². The maximum atomic E-state index is 4.45. The lowest BCUT2D eigenvalue weighted by Crippen LogP contribution is -2.44. The lowest BCUT2D eigenvalue weighted by molar-refractivity contribution is 0.147. The van der Waals surface area contributed by atoms with Gasteiger partial charge in [-0.05, 0) is 31.7 Å². The van der Waals surface area contributed by atoms with Crippen molar-refractivity contribution >= 4 is 6.08 Å². The Morgan fingerprint density at radius 3 is 2.76 bits per heavy atom. The van der Waals surface area contributed by atoms with E-state index in [1.165, 1.54) is 11.3 Å². The zero-order chi connectivity index (χ0) is 12.1. The van der Waals surface area contributed by atoms with Gasteiger partial charge < -0.3 is 4.90 Å². The van der Waals surface area contributed by atoms with Gasteiger partial charge >= 0.3 is 0 Å². The van der Waals surface area contributed by atoms with Crippen molar-refractivity contribution in [2.24, 2.45) is 0 Å². The van der Waals surface area contributed by atoms with Crippen molar-refractivity contribution in [3.05, 3.63) is 35.7 Å². The Labute approximate surface area is 104 Å². The SMILES string of the molecule is C/C=C\c1ccnc(CN2CCN(C)CC2)c1. The van der Waals surface area contributed by atoms with Gasteiger partial charge in [-0.15, -0.1) is 0 Å². The average molecular weight is 231 g/mol. The van der Waals surface area contributed by atoms with E-state index >= 15 is 0 Å². The van der Waals surface area contributed by atoms with Gasteiger partial charge in [-0.25, -0.2) is 0 Å². The fourth-order valence-electron chi connectivity index (χ4n) is 2.11. The van der Waals surface area contributed by atoms with Gasteiger partial charge in [0.15, 0.2) is 0 Å². The van der Waals surface area contributed by atoms with Crippen LogP contribution in [0.4, 0.5) is 0 Å². The molecule has 1 aliphatic rings. The molecule has 0 spiro atoms. The van der Waals surface area contributed by atoms with Crippen molar-refractivity contribution in [2.75, 3.05) is 33.2 Å². The Morgan fingerprint density at radius 1 is 1.29 bits per heavy atom. The highest BCUT2D eigenvalue weighted by molar-refractivity contribution is 5.48. The van der Waals surface area contributed by atoms with Crippen molar-refractivity contribution in [3.63, 3.8) is 0 Å². The van der Waals surface area contributed by atoms with E-state index in [2.05, 4.69) is 40.0 Å². The van der Waals surface area contributed by atoms with Crippen LogP contribution in [0.1, 0.15) is 18.2 Å². The van der Waals surface area contributed by atoms with Crippen LogP contribution in [0.2, 0.25) is 0 Å². The Hall–Kier alpha value is -1.19. The maximum absolute atomic E-state index is 4.45. The molecule has 0 atom stereocenters. The molecule has 0 aliphatic carbocycles. The average Bonchev–Trinajstić information content (AvgIpc) is 2.33. The van der Waals surface area contributed by atoms with Gasteiger partial charge in [0.25, 0.3) is 0 Å². The molecule has 0 bridgehead atoms. The van der Waals surface area contributed by atoms with E-state index < -0.39 is 0 Å². The van der Waals surface area contributed by atoms with Crippen LogP contribution in [0.15, 0.2) is 24.4 Å². The summed E-state index contributed by atoms with van der Waals surface area (Å²) in [5, 5.41) is 0. The van der Waals surface area contributed by atoms with Crippen molar-refractivity contribution in [2.45, 2.75) is 13.5 Å². The Morgan fingerprint density at radius 2 is 2.06 bits per heavy atom. The number of piperazine rings is 1. The van der Waals surface area contributed by atoms with Crippen molar-refractivity contribution in [1.29, 1.82) is 0 Å². The molecular weight excluding hydrogens is 210 g/mol. The summed E-state index contributed by atoms with van der Waals surface area (Å²) in [5.41, 5.74) is 2.41. The normalized spacial score (nSPS) is 18.9. The minimum Gasteiger partial charge on any atom is -0.304 e. The van der Waals surface area contributed by atoms with Crippen LogP contribution in [0, 0.1) is 0 Å². The molecule has 0 saturated carbocycles. The van der Waals surface area contributed by atoms with Gasteiger partial charge in [-0.1, -0.05) is 12.2 Å². The number of hydrogen-bond donors (Lipinski definition) is 0. The van der Waals surface area contributed by atoms with E-state index in [-0.39, 0.29) is 0 Å². The van der Waals surface area contributed by atoms with Crippen LogP contribution in [0.3, 0.4) is 0 Å². The van der Waals surface area contributed by atoms with Gasteiger partial charge in [-0.3, -0.25) is 9.88 Å². The van der Waals surface area contributed by atoms with E-state index in [0.717, 1.165) is 32.7 Å². The first kappa shape index (κ1) is 12.3. The second kappa shape index (κ2) is 5.94. The van der Waals surface area contributed by atoms with Gasteiger partial charge in [0, 0.05) is 38.9 Å². The van der Waals surface area contributed by atoms with Gasteiger partial charge in [-0.2, -0.15) is 0 Å². The van der Waals surface area contributed by atoms with Crippen molar-refractivity contribution in [1.82, 2.24) is 14.8 Å². The van der Waals surface area contributed by atoms with E-state index in [0.29, 0.717) is 0 Å². The molecule has 0 aromatic carbocycles. The summed E-state index contributed by atoms with van der Waals surface area (Å²) < 4.78 is 0. The van der Waals surface area contributed by atoms with Gasteiger partial charge in [0.05, 0.1) is 5.69 Å². The fraction of sp³-hybridized carbons (Fsp3) is 0.500. The van der Waals surface area contributed by atoms with Crippen molar-refractivity contribution < 1.29 is 0 Å². The minimum atomic E-state index is 0.971. The van der Waals surface area contributed by atoms with Crippen LogP contribution in [-0.2, 0) is 6.54 Å². The van der Waals surface area contributed by atoms with E-state index in [1.807, 2.05) is 19.2 Å². The third-order valence-corrected chi connectivity index (χ3v) is 3.18. The lowest BCUT2D eigenvalue weighted by atomic mass is 10.2. The predicted octanol–water partition coefficient (Wildman–Crippen LogP) is 1.86. The molecule has 0 amide bonds. The zero-order valence-corrected chi connectivity index (χ0v) is 10.8. The highest BCUT2D eigenvalue weighted by atomic mass is 15.2. The monoisotopic (exact) mass is 231 g/mol. The first-order chi connectivity index (χ1) is 8.28. The van der Waals surface area contributed by atoms with E-state index in [4.69, 9.17) is 0 Å². The fourth-order valence-corrected chi connectivity index (χ4v) is 2.11. The van der Waals surface area contributed by atoms with Gasteiger partial charge in [0.1, 0.15) is 0 Å². The Bertz CT molecular complexity index is 379. The third kappa shape index (κ3) is 3.65. The summed E-state index contributed by atoms with van der Waals surface area (Å²) in [7, 11) is 2.18. The molecule has 92 valence electrons. The summed E-state index contributed by atoms with van der Waals surface area (Å²) in [6.45, 7) is 7.63. The maximum Gasteiger partial charge on any atom is 0.0549 e. The molecule has 0 radical (unpaired) electrons. The molecular formula is C14H21N3. The molecule has 0 unspecified atom stereocenters. The van der Waals surface area contributed by atoms with E-state index in [1.54, 1.807) is 0 Å². The van der Waals surface area contributed by atoms with Crippen LogP contribution < -0.4 is 0 Å². The molecule has 1 aromatic rings. The number of hydrogen-bond acceptors (Lipinski definition) is 3. The molecule has 2 rings (SSSR count). The highest BCUT2D eigenvalue weighted by Crippen LogP contribution is 2.08. The summed E-state index contributed by atoms with van der Waals surface area (Å²) in [6, 6.07) is 4.23. The number of allylic oxidation sites excluding steroid dienone is 1. The molecule has 3 nitrogen and oxygen atoms in total. The Kier molecular flexibility index (Phi) is 4.29. The molecule has 1 fully saturated rings. The second-order valence-electron chi connectivity index (χ2n) is 4.66. The summed E-state index contributed by atoms with van der Waals surface area (Å²) in [6.07, 6.45) is 6.09. The molecule has 1 aliphatic heterocycles. The first-order valence-electron chi connectivity index (χ1n) is 6.26. The zero-order valence-electron chi connectivity index (χ0n) is 10.8. The number of likely N-dealkylation sites (N-methyl/N-ethyl adjacent to an activating group) is 1. The van der Waals surface area contributed by atoms with Crippen LogP contribution in [-0.4, -0.2) is 48.0 Å². The highest BCUT2D eigenvalue weighted by Gasteiger charge is 2.14.